The summed E-state index contributed by atoms with van der Waals surface area (Å²) in [6.07, 6.45) is 2.28. The van der Waals surface area contributed by atoms with Crippen molar-refractivity contribution in [1.82, 2.24) is 10.3 Å². The first-order chi connectivity index (χ1) is 12.2. The molecule has 0 bridgehead atoms. The SMILES string of the molecule is O=C(NCc1ccccn1)C(Cc1ccc(O)cc1)c1ccccc1. The lowest BCUT2D eigenvalue weighted by atomic mass is 9.91. The number of carbonyl (C=O) groups excluding carboxylic acids is 1. The maximum absolute atomic E-state index is 12.8. The predicted octanol–water partition coefficient (Wildman–Crippen LogP) is 3.43. The van der Waals surface area contributed by atoms with Crippen LogP contribution in [0.5, 0.6) is 5.75 Å². The largest absolute Gasteiger partial charge is 0.508 e. The fourth-order valence-electron chi connectivity index (χ4n) is 2.72. The molecule has 25 heavy (non-hydrogen) atoms. The van der Waals surface area contributed by atoms with Crippen LogP contribution in [0.3, 0.4) is 0 Å². The van der Waals surface area contributed by atoms with Crippen LogP contribution in [0.4, 0.5) is 0 Å². The number of aromatic hydroxyl groups is 1. The van der Waals surface area contributed by atoms with Crippen LogP contribution in [0, 0.1) is 0 Å². The van der Waals surface area contributed by atoms with Gasteiger partial charge in [-0.2, -0.15) is 0 Å². The quantitative estimate of drug-likeness (QED) is 0.727. The summed E-state index contributed by atoms with van der Waals surface area (Å²) in [5, 5.41) is 12.4. The molecule has 2 aromatic carbocycles. The van der Waals surface area contributed by atoms with E-state index in [4.69, 9.17) is 0 Å². The van der Waals surface area contributed by atoms with Gasteiger partial charge >= 0.3 is 0 Å². The van der Waals surface area contributed by atoms with Gasteiger partial charge in [-0.25, -0.2) is 0 Å². The summed E-state index contributed by atoms with van der Waals surface area (Å²) in [6.45, 7) is 0.401. The molecule has 1 amide bonds. The highest BCUT2D eigenvalue weighted by Crippen LogP contribution is 2.22. The number of aromatic nitrogens is 1. The summed E-state index contributed by atoms with van der Waals surface area (Å²) in [5.74, 6) is -0.112. The summed E-state index contributed by atoms with van der Waals surface area (Å²) in [5.41, 5.74) is 2.79. The molecule has 126 valence electrons. The Morgan fingerprint density at radius 1 is 0.960 bits per heavy atom. The second-order valence-electron chi connectivity index (χ2n) is 5.87. The monoisotopic (exact) mass is 332 g/mol. The molecule has 0 saturated heterocycles. The molecule has 0 fully saturated rings. The highest BCUT2D eigenvalue weighted by Gasteiger charge is 2.21. The van der Waals surface area contributed by atoms with Crippen molar-refractivity contribution < 1.29 is 9.90 Å². The minimum Gasteiger partial charge on any atom is -0.508 e. The molecule has 2 N–H and O–H groups in total. The van der Waals surface area contributed by atoms with Gasteiger partial charge in [0, 0.05) is 6.20 Å². The summed E-state index contributed by atoms with van der Waals surface area (Å²) >= 11 is 0. The van der Waals surface area contributed by atoms with Crippen molar-refractivity contribution in [3.8, 4) is 5.75 Å². The number of amides is 1. The molecular formula is C21H20N2O2. The number of rotatable bonds is 6. The van der Waals surface area contributed by atoms with Crippen molar-refractivity contribution in [3.05, 3.63) is 95.8 Å². The third-order valence-electron chi connectivity index (χ3n) is 4.06. The molecule has 1 unspecified atom stereocenters. The van der Waals surface area contributed by atoms with Crippen LogP contribution in [0.2, 0.25) is 0 Å². The Bertz CT molecular complexity index is 802. The minimum absolute atomic E-state index is 0.0371. The first-order valence-electron chi connectivity index (χ1n) is 8.23. The summed E-state index contributed by atoms with van der Waals surface area (Å²) < 4.78 is 0. The van der Waals surface area contributed by atoms with Crippen LogP contribution in [0.1, 0.15) is 22.7 Å². The number of hydrogen-bond acceptors (Lipinski definition) is 3. The highest BCUT2D eigenvalue weighted by atomic mass is 16.3. The van der Waals surface area contributed by atoms with Crippen molar-refractivity contribution in [1.29, 1.82) is 0 Å². The number of carbonyl (C=O) groups is 1. The molecule has 4 nitrogen and oxygen atoms in total. The molecule has 4 heteroatoms. The van der Waals surface area contributed by atoms with Crippen LogP contribution in [0.25, 0.3) is 0 Å². The van der Waals surface area contributed by atoms with Crippen molar-refractivity contribution >= 4 is 5.91 Å². The van der Waals surface area contributed by atoms with E-state index in [0.29, 0.717) is 13.0 Å². The molecule has 3 aromatic rings. The predicted molar refractivity (Wildman–Crippen MR) is 97.1 cm³/mol. The van der Waals surface area contributed by atoms with Crippen LogP contribution < -0.4 is 5.32 Å². The third kappa shape index (κ3) is 4.67. The number of phenols is 1. The molecule has 0 spiro atoms. The maximum Gasteiger partial charge on any atom is 0.228 e. The zero-order valence-electron chi connectivity index (χ0n) is 13.8. The highest BCUT2D eigenvalue weighted by molar-refractivity contribution is 5.84. The average Bonchev–Trinajstić information content (AvgIpc) is 2.67. The number of nitrogens with zero attached hydrogens (tertiary/aromatic N) is 1. The molecule has 0 aliphatic carbocycles. The topological polar surface area (TPSA) is 62.2 Å². The van der Waals surface area contributed by atoms with Crippen LogP contribution >= 0.6 is 0 Å². The first kappa shape index (κ1) is 16.7. The molecule has 0 radical (unpaired) electrons. The van der Waals surface area contributed by atoms with Crippen LogP contribution in [-0.4, -0.2) is 16.0 Å². The van der Waals surface area contributed by atoms with Gasteiger partial charge in [0.15, 0.2) is 0 Å². The number of phenolic OH excluding ortho intramolecular Hbond substituents is 1. The van der Waals surface area contributed by atoms with E-state index in [1.54, 1.807) is 18.3 Å². The lowest BCUT2D eigenvalue weighted by molar-refractivity contribution is -0.122. The summed E-state index contributed by atoms with van der Waals surface area (Å²) in [4.78, 5) is 17.0. The van der Waals surface area contributed by atoms with Gasteiger partial charge in [0.25, 0.3) is 0 Å². The fraction of sp³-hybridized carbons (Fsp3) is 0.143. The molecule has 0 aliphatic heterocycles. The second-order valence-corrected chi connectivity index (χ2v) is 5.87. The molecule has 1 atom stereocenters. The average molecular weight is 332 g/mol. The van der Waals surface area contributed by atoms with E-state index in [9.17, 15) is 9.90 Å². The Kier molecular flexibility index (Phi) is 5.42. The van der Waals surface area contributed by atoms with E-state index in [0.717, 1.165) is 16.8 Å². The second kappa shape index (κ2) is 8.11. The van der Waals surface area contributed by atoms with Gasteiger partial charge in [-0.1, -0.05) is 48.5 Å². The van der Waals surface area contributed by atoms with E-state index < -0.39 is 0 Å². The Hall–Kier alpha value is -3.14. The van der Waals surface area contributed by atoms with Gasteiger partial charge < -0.3 is 10.4 Å². The van der Waals surface area contributed by atoms with Gasteiger partial charge in [0.2, 0.25) is 5.91 Å². The van der Waals surface area contributed by atoms with E-state index >= 15 is 0 Å². The normalized spacial score (nSPS) is 11.7. The molecule has 0 saturated carbocycles. The van der Waals surface area contributed by atoms with Gasteiger partial charge in [0.1, 0.15) is 5.75 Å². The zero-order valence-corrected chi connectivity index (χ0v) is 13.8. The smallest absolute Gasteiger partial charge is 0.228 e. The van der Waals surface area contributed by atoms with E-state index in [2.05, 4.69) is 10.3 Å². The first-order valence-corrected chi connectivity index (χ1v) is 8.23. The Labute approximate surface area is 147 Å². The fourth-order valence-corrected chi connectivity index (χ4v) is 2.72. The van der Waals surface area contributed by atoms with Crippen LogP contribution in [-0.2, 0) is 17.8 Å². The summed E-state index contributed by atoms with van der Waals surface area (Å²) in [6, 6.07) is 22.3. The van der Waals surface area contributed by atoms with E-state index in [1.165, 1.54) is 0 Å². The standard InChI is InChI=1S/C21H20N2O2/c24-19-11-9-16(10-12-19)14-20(17-6-2-1-3-7-17)21(25)23-15-18-8-4-5-13-22-18/h1-13,20,24H,14-15H2,(H,23,25). The number of nitrogens with one attached hydrogen (secondary N) is 1. The zero-order chi connectivity index (χ0) is 17.5. The van der Waals surface area contributed by atoms with Gasteiger partial charge in [-0.05, 0) is 41.8 Å². The lowest BCUT2D eigenvalue weighted by Crippen LogP contribution is -2.30. The Morgan fingerprint density at radius 3 is 2.36 bits per heavy atom. The molecule has 3 rings (SSSR count). The van der Waals surface area contributed by atoms with Gasteiger partial charge in [-0.3, -0.25) is 9.78 Å². The lowest BCUT2D eigenvalue weighted by Gasteiger charge is -2.17. The number of benzene rings is 2. The molecule has 0 aliphatic rings. The van der Waals surface area contributed by atoms with Crippen molar-refractivity contribution in [2.75, 3.05) is 0 Å². The van der Waals surface area contributed by atoms with Crippen molar-refractivity contribution in [2.24, 2.45) is 0 Å². The summed E-state index contributed by atoms with van der Waals surface area (Å²) in [7, 11) is 0. The maximum atomic E-state index is 12.8. The third-order valence-corrected chi connectivity index (χ3v) is 4.06. The molecule has 1 heterocycles. The van der Waals surface area contributed by atoms with E-state index in [1.807, 2.05) is 60.7 Å². The minimum atomic E-state index is -0.297. The van der Waals surface area contributed by atoms with Gasteiger partial charge in [-0.15, -0.1) is 0 Å². The van der Waals surface area contributed by atoms with E-state index in [-0.39, 0.29) is 17.6 Å². The number of hydrogen-bond donors (Lipinski definition) is 2. The molecule has 1 aromatic heterocycles. The Morgan fingerprint density at radius 2 is 1.68 bits per heavy atom. The van der Waals surface area contributed by atoms with Crippen molar-refractivity contribution in [2.45, 2.75) is 18.9 Å². The number of pyridine rings is 1. The molecular weight excluding hydrogens is 312 g/mol. The Balaban J connectivity index is 1.76. The van der Waals surface area contributed by atoms with Gasteiger partial charge in [0.05, 0.1) is 18.2 Å². The van der Waals surface area contributed by atoms with Crippen molar-refractivity contribution in [3.63, 3.8) is 0 Å². The van der Waals surface area contributed by atoms with Crippen LogP contribution in [0.15, 0.2) is 79.0 Å².